The second kappa shape index (κ2) is 5.25. The number of halogens is 3. The van der Waals surface area contributed by atoms with E-state index < -0.39 is 17.7 Å². The van der Waals surface area contributed by atoms with E-state index in [1.807, 2.05) is 11.4 Å². The summed E-state index contributed by atoms with van der Waals surface area (Å²) in [6.07, 6.45) is -0.779. The van der Waals surface area contributed by atoms with Crippen LogP contribution in [0.3, 0.4) is 0 Å². The summed E-state index contributed by atoms with van der Waals surface area (Å²) in [5.74, 6) is -1.92. The van der Waals surface area contributed by atoms with Crippen LogP contribution in [0.2, 0.25) is 0 Å². The third-order valence-corrected chi connectivity index (χ3v) is 4.36. The summed E-state index contributed by atoms with van der Waals surface area (Å²) in [6.45, 7) is 0. The number of hydrogen-bond acceptors (Lipinski definition) is 2. The summed E-state index contributed by atoms with van der Waals surface area (Å²) in [5, 5.41) is 11.8. The highest BCUT2D eigenvalue weighted by Gasteiger charge is 2.17. The molecule has 0 aliphatic heterocycles. The molecule has 0 radical (unpaired) electrons. The number of aliphatic hydroxyl groups is 1. The number of aliphatic hydroxyl groups excluding tert-OH is 1. The molecular formula is C12H9BrF2OS. The fourth-order valence-electron chi connectivity index (χ4n) is 1.53. The molecule has 0 spiro atoms. The fourth-order valence-corrected chi connectivity index (χ4v) is 3.09. The Bertz CT molecular complexity index is 527. The van der Waals surface area contributed by atoms with E-state index in [1.165, 1.54) is 23.5 Å². The van der Waals surface area contributed by atoms with E-state index in [-0.39, 0.29) is 12.0 Å². The van der Waals surface area contributed by atoms with Crippen molar-refractivity contribution in [2.24, 2.45) is 0 Å². The van der Waals surface area contributed by atoms with Gasteiger partial charge in [0.05, 0.1) is 6.10 Å². The van der Waals surface area contributed by atoms with Crippen LogP contribution in [0.15, 0.2) is 34.1 Å². The predicted molar refractivity (Wildman–Crippen MR) is 67.0 cm³/mol. The van der Waals surface area contributed by atoms with Crippen LogP contribution < -0.4 is 0 Å². The first-order valence-corrected chi connectivity index (χ1v) is 6.60. The molecule has 1 unspecified atom stereocenters. The van der Waals surface area contributed by atoms with Crippen LogP contribution in [0.4, 0.5) is 8.78 Å². The first kappa shape index (κ1) is 12.7. The molecule has 1 atom stereocenters. The Morgan fingerprint density at radius 2 is 2.06 bits per heavy atom. The van der Waals surface area contributed by atoms with Crippen LogP contribution in [0.1, 0.15) is 16.5 Å². The van der Waals surface area contributed by atoms with Crippen LogP contribution in [0, 0.1) is 11.6 Å². The van der Waals surface area contributed by atoms with Gasteiger partial charge in [-0.15, -0.1) is 11.3 Å². The second-order valence-corrected chi connectivity index (χ2v) is 5.41. The SMILES string of the molecule is OC(Cc1sccc1Br)c1cccc(F)c1F. The van der Waals surface area contributed by atoms with Crippen molar-refractivity contribution < 1.29 is 13.9 Å². The number of rotatable bonds is 3. The molecule has 5 heteroatoms. The predicted octanol–water partition coefficient (Wildman–Crippen LogP) is 4.06. The van der Waals surface area contributed by atoms with Gasteiger partial charge in [0.25, 0.3) is 0 Å². The molecule has 0 aliphatic rings. The van der Waals surface area contributed by atoms with E-state index in [0.29, 0.717) is 0 Å². The number of benzene rings is 1. The molecule has 0 amide bonds. The molecule has 0 saturated heterocycles. The van der Waals surface area contributed by atoms with Gasteiger partial charge in [0, 0.05) is 21.3 Å². The summed E-state index contributed by atoms with van der Waals surface area (Å²) in [6, 6.07) is 5.67. The zero-order valence-electron chi connectivity index (χ0n) is 8.66. The monoisotopic (exact) mass is 318 g/mol. The molecule has 0 saturated carbocycles. The Labute approximate surface area is 110 Å². The number of hydrogen-bond donors (Lipinski definition) is 1. The maximum absolute atomic E-state index is 13.4. The minimum atomic E-state index is -1.04. The smallest absolute Gasteiger partial charge is 0.164 e. The normalized spacial score (nSPS) is 12.7. The van der Waals surface area contributed by atoms with Crippen molar-refractivity contribution in [2.75, 3.05) is 0 Å². The van der Waals surface area contributed by atoms with Crippen LogP contribution in [-0.2, 0) is 6.42 Å². The Hall–Kier alpha value is -0.780. The van der Waals surface area contributed by atoms with E-state index in [1.54, 1.807) is 0 Å². The van der Waals surface area contributed by atoms with Gasteiger partial charge >= 0.3 is 0 Å². The molecule has 1 N–H and O–H groups in total. The summed E-state index contributed by atoms with van der Waals surface area (Å²) >= 11 is 4.79. The van der Waals surface area contributed by atoms with Crippen LogP contribution in [0.5, 0.6) is 0 Å². The van der Waals surface area contributed by atoms with Crippen molar-refractivity contribution in [3.63, 3.8) is 0 Å². The van der Waals surface area contributed by atoms with Gasteiger partial charge in [-0.2, -0.15) is 0 Å². The molecule has 1 aromatic carbocycles. The minimum absolute atomic E-state index is 0.00898. The molecule has 90 valence electrons. The second-order valence-electron chi connectivity index (χ2n) is 3.55. The lowest BCUT2D eigenvalue weighted by atomic mass is 10.1. The van der Waals surface area contributed by atoms with E-state index in [0.717, 1.165) is 15.4 Å². The van der Waals surface area contributed by atoms with Crippen molar-refractivity contribution in [3.05, 3.63) is 56.2 Å². The zero-order chi connectivity index (χ0) is 12.4. The highest BCUT2D eigenvalue weighted by molar-refractivity contribution is 9.10. The quantitative estimate of drug-likeness (QED) is 0.904. The standard InChI is InChI=1S/C12H9BrF2OS/c13-8-4-5-17-11(8)6-10(16)7-2-1-3-9(14)12(7)15/h1-5,10,16H,6H2. The Balaban J connectivity index is 2.23. The van der Waals surface area contributed by atoms with Gasteiger partial charge < -0.3 is 5.11 Å². The molecular weight excluding hydrogens is 310 g/mol. The Morgan fingerprint density at radius 1 is 1.29 bits per heavy atom. The molecule has 1 heterocycles. The van der Waals surface area contributed by atoms with E-state index in [9.17, 15) is 13.9 Å². The molecule has 0 aliphatic carbocycles. The lowest BCUT2D eigenvalue weighted by Gasteiger charge is -2.11. The van der Waals surface area contributed by atoms with Gasteiger partial charge in [-0.1, -0.05) is 12.1 Å². The van der Waals surface area contributed by atoms with Crippen molar-refractivity contribution in [3.8, 4) is 0 Å². The van der Waals surface area contributed by atoms with Crippen molar-refractivity contribution in [2.45, 2.75) is 12.5 Å². The number of thiophene rings is 1. The fraction of sp³-hybridized carbons (Fsp3) is 0.167. The Morgan fingerprint density at radius 3 is 2.71 bits per heavy atom. The van der Waals surface area contributed by atoms with E-state index in [2.05, 4.69) is 15.9 Å². The van der Waals surface area contributed by atoms with E-state index >= 15 is 0 Å². The first-order chi connectivity index (χ1) is 8.09. The zero-order valence-corrected chi connectivity index (χ0v) is 11.1. The summed E-state index contributed by atoms with van der Waals surface area (Å²) in [4.78, 5) is 0.904. The van der Waals surface area contributed by atoms with Gasteiger partial charge in [0.1, 0.15) is 0 Å². The average molecular weight is 319 g/mol. The summed E-state index contributed by atoms with van der Waals surface area (Å²) < 4.78 is 27.3. The lowest BCUT2D eigenvalue weighted by molar-refractivity contribution is 0.173. The van der Waals surface area contributed by atoms with Gasteiger partial charge in [-0.05, 0) is 33.4 Å². The average Bonchev–Trinajstić information content (AvgIpc) is 2.68. The van der Waals surface area contributed by atoms with Gasteiger partial charge in [-0.3, -0.25) is 0 Å². The summed E-state index contributed by atoms with van der Waals surface area (Å²) in [7, 11) is 0. The molecule has 17 heavy (non-hydrogen) atoms. The minimum Gasteiger partial charge on any atom is -0.388 e. The van der Waals surface area contributed by atoms with Crippen molar-refractivity contribution in [1.29, 1.82) is 0 Å². The van der Waals surface area contributed by atoms with Gasteiger partial charge in [-0.25, -0.2) is 8.78 Å². The highest BCUT2D eigenvalue weighted by Crippen LogP contribution is 2.29. The third-order valence-electron chi connectivity index (χ3n) is 2.41. The van der Waals surface area contributed by atoms with Crippen molar-refractivity contribution in [1.82, 2.24) is 0 Å². The van der Waals surface area contributed by atoms with Crippen LogP contribution in [-0.4, -0.2) is 5.11 Å². The van der Waals surface area contributed by atoms with Gasteiger partial charge in [0.15, 0.2) is 11.6 Å². The Kier molecular flexibility index (Phi) is 3.91. The van der Waals surface area contributed by atoms with Crippen LogP contribution in [0.25, 0.3) is 0 Å². The summed E-state index contributed by atoms with van der Waals surface area (Å²) in [5.41, 5.74) is -0.00898. The molecule has 0 bridgehead atoms. The largest absolute Gasteiger partial charge is 0.388 e. The lowest BCUT2D eigenvalue weighted by Crippen LogP contribution is -2.05. The molecule has 2 aromatic rings. The molecule has 2 rings (SSSR count). The maximum Gasteiger partial charge on any atom is 0.164 e. The highest BCUT2D eigenvalue weighted by atomic mass is 79.9. The molecule has 0 fully saturated rings. The first-order valence-electron chi connectivity index (χ1n) is 4.93. The van der Waals surface area contributed by atoms with Gasteiger partial charge in [0.2, 0.25) is 0 Å². The topological polar surface area (TPSA) is 20.2 Å². The van der Waals surface area contributed by atoms with E-state index in [4.69, 9.17) is 0 Å². The van der Waals surface area contributed by atoms with Crippen LogP contribution >= 0.6 is 27.3 Å². The molecule has 1 nitrogen and oxygen atoms in total. The molecule has 1 aromatic heterocycles. The van der Waals surface area contributed by atoms with Crippen molar-refractivity contribution >= 4 is 27.3 Å². The third kappa shape index (κ3) is 2.73. The maximum atomic E-state index is 13.4.